The van der Waals surface area contributed by atoms with Crippen LogP contribution in [0.3, 0.4) is 0 Å². The first-order valence-electron chi connectivity index (χ1n) is 14.9. The molecule has 2 fully saturated rings. The molecule has 0 saturated carbocycles. The number of rotatable bonds is 11. The number of phenolic OH excluding ortho intramolecular Hbond substituents is 1. The molecule has 2 aliphatic rings. The molecule has 44 heavy (non-hydrogen) atoms. The summed E-state index contributed by atoms with van der Waals surface area (Å²) in [5.74, 6) is 0.590. The van der Waals surface area contributed by atoms with Gasteiger partial charge in [-0.1, -0.05) is 12.1 Å². The molecular weight excluding hydrogens is 580 g/mol. The van der Waals surface area contributed by atoms with Crippen molar-refractivity contribution in [1.82, 2.24) is 9.80 Å². The second-order valence-corrected chi connectivity index (χ2v) is 12.2. The van der Waals surface area contributed by atoms with Gasteiger partial charge in [-0.2, -0.15) is 0 Å². The highest BCUT2D eigenvalue weighted by atomic mass is 32.1. The summed E-state index contributed by atoms with van der Waals surface area (Å²) in [6.45, 7) is 5.55. The molecule has 2 saturated heterocycles. The number of aliphatic carboxylic acids is 1. The zero-order valence-corrected chi connectivity index (χ0v) is 25.5. The van der Waals surface area contributed by atoms with E-state index in [1.165, 1.54) is 11.3 Å². The topological polar surface area (TPSA) is 109 Å². The number of methoxy groups -OCH3 is 1. The van der Waals surface area contributed by atoms with Crippen molar-refractivity contribution in [1.29, 1.82) is 0 Å². The number of carboxylic acids is 1. The van der Waals surface area contributed by atoms with Crippen LogP contribution >= 0.6 is 11.3 Å². The minimum atomic E-state index is -0.781. The highest BCUT2D eigenvalue weighted by Crippen LogP contribution is 2.42. The first-order chi connectivity index (χ1) is 21.4. The number of fused-ring (bicyclic) bond motifs is 1. The molecule has 9 nitrogen and oxygen atoms in total. The van der Waals surface area contributed by atoms with Gasteiger partial charge >= 0.3 is 5.97 Å². The number of hydrogen-bond donors (Lipinski definition) is 2. The Morgan fingerprint density at radius 2 is 1.82 bits per heavy atom. The number of carbonyl (C=O) groups excluding carboxylic acids is 1. The molecule has 4 aromatic rings. The van der Waals surface area contributed by atoms with Gasteiger partial charge in [0.1, 0.15) is 29.9 Å². The zero-order chi connectivity index (χ0) is 30.6. The molecule has 2 N–H and O–H groups in total. The summed E-state index contributed by atoms with van der Waals surface area (Å²) in [6.07, 6.45) is 1.55. The zero-order valence-electron chi connectivity index (χ0n) is 24.7. The van der Waals surface area contributed by atoms with Gasteiger partial charge in [-0.05, 0) is 73.5 Å². The predicted octanol–water partition coefficient (Wildman–Crippen LogP) is 5.27. The maximum absolute atomic E-state index is 14.2. The molecule has 3 heterocycles. The fourth-order valence-electron chi connectivity index (χ4n) is 6.03. The summed E-state index contributed by atoms with van der Waals surface area (Å²) in [5, 5.41) is 20.4. The van der Waals surface area contributed by atoms with E-state index in [9.17, 15) is 19.8 Å². The van der Waals surface area contributed by atoms with E-state index in [-0.39, 0.29) is 11.5 Å². The van der Waals surface area contributed by atoms with Gasteiger partial charge < -0.3 is 24.4 Å². The summed E-state index contributed by atoms with van der Waals surface area (Å²) in [6, 6.07) is 17.9. The van der Waals surface area contributed by atoms with Crippen LogP contribution in [0.1, 0.15) is 34.3 Å². The smallest absolute Gasteiger partial charge is 0.320 e. The third-order valence-corrected chi connectivity index (χ3v) is 9.56. The van der Waals surface area contributed by atoms with Crippen LogP contribution in [0.2, 0.25) is 0 Å². The number of thiophene rings is 1. The number of nitrogens with zero attached hydrogens (tertiary/aromatic N) is 2. The standard InChI is InChI=1S/C34H36N2O7S/c1-41-29-19-23(4-5-24(29)21-35-13-16-42-17-14-35)32(38)31-27-11-8-25(37)20-30(27)44-33(31)22-6-9-26(10-7-22)43-18-15-36-12-2-3-28(36)34(39)40/h4-11,19-20,28,37H,2-3,12-18,21H2,1H3,(H,39,40)/t28-/m0/s1. The van der Waals surface area contributed by atoms with Gasteiger partial charge in [0.15, 0.2) is 5.78 Å². The molecule has 2 aliphatic heterocycles. The molecule has 0 spiro atoms. The van der Waals surface area contributed by atoms with Crippen LogP contribution in [0.25, 0.3) is 20.5 Å². The predicted molar refractivity (Wildman–Crippen MR) is 169 cm³/mol. The number of phenols is 1. The van der Waals surface area contributed by atoms with Crippen LogP contribution in [0.15, 0.2) is 60.7 Å². The number of morpholine rings is 1. The fourth-order valence-corrected chi connectivity index (χ4v) is 7.27. The average molecular weight is 617 g/mol. The fraction of sp³-hybridized carbons (Fsp3) is 0.353. The second kappa shape index (κ2) is 13.4. The Balaban J connectivity index is 1.24. The lowest BCUT2D eigenvalue weighted by Crippen LogP contribution is -2.38. The minimum Gasteiger partial charge on any atom is -0.508 e. The molecule has 6 rings (SSSR count). The highest BCUT2D eigenvalue weighted by Gasteiger charge is 2.30. The maximum atomic E-state index is 14.2. The molecule has 0 aliphatic carbocycles. The van der Waals surface area contributed by atoms with Crippen molar-refractivity contribution in [2.24, 2.45) is 0 Å². The van der Waals surface area contributed by atoms with Crippen LogP contribution < -0.4 is 9.47 Å². The quantitative estimate of drug-likeness (QED) is 0.218. The lowest BCUT2D eigenvalue weighted by molar-refractivity contribution is -0.142. The van der Waals surface area contributed by atoms with Gasteiger partial charge in [0.25, 0.3) is 0 Å². The number of likely N-dealkylation sites (tertiary alicyclic amines) is 1. The molecule has 0 unspecified atom stereocenters. The largest absolute Gasteiger partial charge is 0.508 e. The molecule has 0 amide bonds. The second-order valence-electron chi connectivity index (χ2n) is 11.1. The first-order valence-corrected chi connectivity index (χ1v) is 15.7. The Labute approximate surface area is 260 Å². The summed E-state index contributed by atoms with van der Waals surface area (Å²) in [5.41, 5.74) is 2.99. The number of ether oxygens (including phenoxy) is 3. The molecule has 230 valence electrons. The van der Waals surface area contributed by atoms with Gasteiger partial charge in [0.2, 0.25) is 0 Å². The summed E-state index contributed by atoms with van der Waals surface area (Å²) >= 11 is 1.46. The van der Waals surface area contributed by atoms with E-state index in [4.69, 9.17) is 14.2 Å². The van der Waals surface area contributed by atoms with Gasteiger partial charge in [0, 0.05) is 57.8 Å². The molecule has 10 heteroatoms. The Morgan fingerprint density at radius 3 is 2.57 bits per heavy atom. The lowest BCUT2D eigenvalue weighted by Gasteiger charge is -2.27. The summed E-state index contributed by atoms with van der Waals surface area (Å²) in [7, 11) is 1.62. The monoisotopic (exact) mass is 616 g/mol. The van der Waals surface area contributed by atoms with Crippen molar-refractivity contribution >= 4 is 33.2 Å². The number of hydrogen-bond acceptors (Lipinski definition) is 9. The van der Waals surface area contributed by atoms with Gasteiger partial charge in [-0.15, -0.1) is 11.3 Å². The van der Waals surface area contributed by atoms with Crippen LogP contribution in [0.4, 0.5) is 0 Å². The Hall–Kier alpha value is -3.96. The van der Waals surface area contributed by atoms with E-state index in [2.05, 4.69) is 4.90 Å². The molecule has 1 aromatic heterocycles. The molecular formula is C34H36N2O7S. The van der Waals surface area contributed by atoms with Crippen LogP contribution in [0.5, 0.6) is 17.2 Å². The van der Waals surface area contributed by atoms with Crippen molar-refractivity contribution in [2.75, 3.05) is 53.1 Å². The third kappa shape index (κ3) is 6.44. The van der Waals surface area contributed by atoms with Crippen molar-refractivity contribution in [2.45, 2.75) is 25.4 Å². The van der Waals surface area contributed by atoms with Crippen LogP contribution in [0, 0.1) is 0 Å². The van der Waals surface area contributed by atoms with Crippen LogP contribution in [-0.4, -0.2) is 90.9 Å². The lowest BCUT2D eigenvalue weighted by atomic mass is 9.96. The summed E-state index contributed by atoms with van der Waals surface area (Å²) in [4.78, 5) is 30.7. The average Bonchev–Trinajstić information content (AvgIpc) is 3.66. The number of aromatic hydroxyl groups is 1. The van der Waals surface area contributed by atoms with E-state index < -0.39 is 12.0 Å². The van der Waals surface area contributed by atoms with Crippen molar-refractivity contribution < 1.29 is 34.0 Å². The Bertz CT molecular complexity index is 1650. The normalized spacial score (nSPS) is 17.6. The minimum absolute atomic E-state index is 0.118. The molecule has 0 radical (unpaired) electrons. The van der Waals surface area contributed by atoms with Crippen molar-refractivity contribution in [3.05, 3.63) is 77.4 Å². The van der Waals surface area contributed by atoms with Crippen LogP contribution in [-0.2, 0) is 16.1 Å². The third-order valence-electron chi connectivity index (χ3n) is 8.36. The number of ketones is 1. The Kier molecular flexibility index (Phi) is 9.13. The van der Waals surface area contributed by atoms with E-state index in [1.807, 2.05) is 47.4 Å². The van der Waals surface area contributed by atoms with Crippen molar-refractivity contribution in [3.63, 3.8) is 0 Å². The van der Waals surface area contributed by atoms with Crippen molar-refractivity contribution in [3.8, 4) is 27.7 Å². The number of carboxylic acid groups (broad SMARTS) is 1. The first kappa shape index (κ1) is 30.1. The van der Waals surface area contributed by atoms with E-state index in [0.29, 0.717) is 55.4 Å². The van der Waals surface area contributed by atoms with E-state index >= 15 is 0 Å². The maximum Gasteiger partial charge on any atom is 0.320 e. The van der Waals surface area contributed by atoms with Gasteiger partial charge in [0.05, 0.1) is 20.3 Å². The van der Waals surface area contributed by atoms with E-state index in [0.717, 1.165) is 58.7 Å². The van der Waals surface area contributed by atoms with Gasteiger partial charge in [-0.3, -0.25) is 19.4 Å². The molecule has 0 bridgehead atoms. The highest BCUT2D eigenvalue weighted by molar-refractivity contribution is 7.22. The number of benzene rings is 3. The SMILES string of the molecule is COc1cc(C(=O)c2c(-c3ccc(OCCN4CCC[C@H]4C(=O)O)cc3)sc3cc(O)ccc23)ccc1CN1CCOCC1. The summed E-state index contributed by atoms with van der Waals surface area (Å²) < 4.78 is 18.0. The van der Waals surface area contributed by atoms with E-state index in [1.54, 1.807) is 25.3 Å². The Morgan fingerprint density at radius 1 is 1.02 bits per heavy atom. The number of carbonyl (C=O) groups is 2. The molecule has 3 aromatic carbocycles. The van der Waals surface area contributed by atoms with Gasteiger partial charge in [-0.25, -0.2) is 0 Å². The molecule has 1 atom stereocenters.